The molecule has 2 rings (SSSR count). The van der Waals surface area contributed by atoms with Crippen LogP contribution in [0.2, 0.25) is 0 Å². The van der Waals surface area contributed by atoms with Gasteiger partial charge in [0.1, 0.15) is 0 Å². The summed E-state index contributed by atoms with van der Waals surface area (Å²) in [6, 6.07) is 0. The summed E-state index contributed by atoms with van der Waals surface area (Å²) in [6.45, 7) is 6.43. The lowest BCUT2D eigenvalue weighted by Crippen LogP contribution is -2.39. The number of aromatic nitrogens is 2. The molecule has 3 nitrogen and oxygen atoms in total. The van der Waals surface area contributed by atoms with E-state index in [-0.39, 0.29) is 11.1 Å². The van der Waals surface area contributed by atoms with Crippen molar-refractivity contribution in [3.63, 3.8) is 0 Å². The monoisotopic (exact) mass is 221 g/mol. The number of hydrogen-bond acceptors (Lipinski definition) is 2. The molecule has 0 saturated heterocycles. The van der Waals surface area contributed by atoms with Gasteiger partial charge in [0.2, 0.25) is 0 Å². The van der Waals surface area contributed by atoms with Crippen molar-refractivity contribution in [2.75, 3.05) is 0 Å². The summed E-state index contributed by atoms with van der Waals surface area (Å²) in [6.07, 6.45) is 10.4. The molecule has 3 heteroatoms. The number of rotatable bonds is 2. The maximum atomic E-state index is 6.21. The van der Waals surface area contributed by atoms with Gasteiger partial charge in [-0.3, -0.25) is 0 Å². The smallest absolute Gasteiger partial charge is 0.0953 e. The lowest BCUT2D eigenvalue weighted by atomic mass is 9.82. The molecule has 0 unspecified atom stereocenters. The zero-order valence-corrected chi connectivity index (χ0v) is 10.7. The third-order valence-electron chi connectivity index (χ3n) is 3.81. The number of nitrogens with zero attached hydrogens (tertiary/aromatic N) is 2. The van der Waals surface area contributed by atoms with Crippen molar-refractivity contribution in [2.45, 2.75) is 64.0 Å². The average molecular weight is 221 g/mol. The van der Waals surface area contributed by atoms with Gasteiger partial charge in [-0.25, -0.2) is 4.98 Å². The van der Waals surface area contributed by atoms with E-state index in [0.717, 1.165) is 5.69 Å². The van der Waals surface area contributed by atoms with Gasteiger partial charge in [0, 0.05) is 5.54 Å². The first-order chi connectivity index (χ1) is 7.43. The highest BCUT2D eigenvalue weighted by Gasteiger charge is 2.32. The van der Waals surface area contributed by atoms with E-state index < -0.39 is 0 Å². The van der Waals surface area contributed by atoms with Crippen LogP contribution in [-0.4, -0.2) is 9.55 Å². The van der Waals surface area contributed by atoms with Gasteiger partial charge in [0.05, 0.1) is 23.8 Å². The molecule has 0 amide bonds. The molecule has 0 bridgehead atoms. The van der Waals surface area contributed by atoms with Crippen LogP contribution >= 0.6 is 0 Å². The summed E-state index contributed by atoms with van der Waals surface area (Å²) < 4.78 is 2.31. The van der Waals surface area contributed by atoms with E-state index >= 15 is 0 Å². The summed E-state index contributed by atoms with van der Waals surface area (Å²) in [5, 5.41) is 0. The molecule has 1 aliphatic carbocycles. The van der Waals surface area contributed by atoms with Gasteiger partial charge < -0.3 is 10.3 Å². The molecule has 16 heavy (non-hydrogen) atoms. The fourth-order valence-corrected chi connectivity index (χ4v) is 2.76. The van der Waals surface area contributed by atoms with E-state index in [1.807, 2.05) is 26.4 Å². The minimum absolute atomic E-state index is 0.223. The Morgan fingerprint density at radius 1 is 1.31 bits per heavy atom. The van der Waals surface area contributed by atoms with Crippen molar-refractivity contribution in [1.82, 2.24) is 9.55 Å². The quantitative estimate of drug-likeness (QED) is 0.834. The molecule has 1 aromatic rings. The molecule has 0 atom stereocenters. The molecule has 2 N–H and O–H groups in total. The predicted octanol–water partition coefficient (Wildman–Crippen LogP) is 2.76. The third-order valence-corrected chi connectivity index (χ3v) is 3.81. The Balaban J connectivity index is 2.36. The SMILES string of the molecule is CC(C)(N)c1cncn1C1(C)CCCCC1. The Bertz CT molecular complexity index is 353. The molecule has 1 fully saturated rings. The molecule has 1 heterocycles. The first kappa shape index (κ1) is 11.6. The lowest BCUT2D eigenvalue weighted by molar-refractivity contribution is 0.206. The molecule has 1 aliphatic rings. The zero-order chi connectivity index (χ0) is 11.8. The summed E-state index contributed by atoms with van der Waals surface area (Å²) in [5.41, 5.74) is 7.27. The second-order valence-corrected chi connectivity index (χ2v) is 5.93. The van der Waals surface area contributed by atoms with Crippen LogP contribution in [0, 0.1) is 0 Å². The van der Waals surface area contributed by atoms with Crippen LogP contribution < -0.4 is 5.73 Å². The van der Waals surface area contributed by atoms with E-state index in [1.54, 1.807) is 0 Å². The minimum Gasteiger partial charge on any atom is -0.327 e. The summed E-state index contributed by atoms with van der Waals surface area (Å²) >= 11 is 0. The van der Waals surface area contributed by atoms with E-state index in [9.17, 15) is 0 Å². The second-order valence-electron chi connectivity index (χ2n) is 5.93. The molecule has 0 aliphatic heterocycles. The Hall–Kier alpha value is -0.830. The van der Waals surface area contributed by atoms with Crippen LogP contribution in [0.25, 0.3) is 0 Å². The molecule has 0 radical (unpaired) electrons. The number of nitrogens with two attached hydrogens (primary N) is 1. The van der Waals surface area contributed by atoms with Crippen LogP contribution in [0.3, 0.4) is 0 Å². The maximum absolute atomic E-state index is 6.21. The van der Waals surface area contributed by atoms with Crippen molar-refractivity contribution in [3.05, 3.63) is 18.2 Å². The van der Waals surface area contributed by atoms with Crippen LogP contribution in [0.5, 0.6) is 0 Å². The van der Waals surface area contributed by atoms with E-state index in [1.165, 1.54) is 32.1 Å². The first-order valence-electron chi connectivity index (χ1n) is 6.26. The standard InChI is InChI=1S/C13H23N3/c1-12(2,14)11-9-15-10-16(11)13(3)7-5-4-6-8-13/h9-10H,4-8,14H2,1-3H3. The largest absolute Gasteiger partial charge is 0.327 e. The molecule has 90 valence electrons. The Morgan fingerprint density at radius 2 is 1.94 bits per heavy atom. The lowest BCUT2D eigenvalue weighted by Gasteiger charge is -2.38. The molecule has 1 saturated carbocycles. The van der Waals surface area contributed by atoms with Crippen molar-refractivity contribution in [3.8, 4) is 0 Å². The van der Waals surface area contributed by atoms with Crippen LogP contribution in [-0.2, 0) is 11.1 Å². The summed E-state index contributed by atoms with van der Waals surface area (Å²) in [7, 11) is 0. The van der Waals surface area contributed by atoms with Crippen molar-refractivity contribution in [2.24, 2.45) is 5.73 Å². The Kier molecular flexibility index (Phi) is 2.82. The maximum Gasteiger partial charge on any atom is 0.0953 e. The molecular formula is C13H23N3. The third kappa shape index (κ3) is 2.01. The average Bonchev–Trinajstić information content (AvgIpc) is 2.67. The summed E-state index contributed by atoms with van der Waals surface area (Å²) in [4.78, 5) is 4.29. The highest BCUT2D eigenvalue weighted by atomic mass is 15.1. The molecular weight excluding hydrogens is 198 g/mol. The second kappa shape index (κ2) is 3.88. The minimum atomic E-state index is -0.309. The fourth-order valence-electron chi connectivity index (χ4n) is 2.76. The molecule has 1 aromatic heterocycles. The van der Waals surface area contributed by atoms with Gasteiger partial charge in [0.25, 0.3) is 0 Å². The van der Waals surface area contributed by atoms with Gasteiger partial charge >= 0.3 is 0 Å². The molecule has 0 aromatic carbocycles. The number of hydrogen-bond donors (Lipinski definition) is 1. The Labute approximate surface area is 98.1 Å². The van der Waals surface area contributed by atoms with Gasteiger partial charge in [-0.15, -0.1) is 0 Å². The molecule has 0 spiro atoms. The van der Waals surface area contributed by atoms with Crippen molar-refractivity contribution < 1.29 is 0 Å². The summed E-state index contributed by atoms with van der Waals surface area (Å²) in [5.74, 6) is 0. The van der Waals surface area contributed by atoms with Crippen LogP contribution in [0.1, 0.15) is 58.6 Å². The van der Waals surface area contributed by atoms with Crippen LogP contribution in [0.4, 0.5) is 0 Å². The van der Waals surface area contributed by atoms with Crippen molar-refractivity contribution in [1.29, 1.82) is 0 Å². The van der Waals surface area contributed by atoms with Gasteiger partial charge in [-0.2, -0.15) is 0 Å². The number of imidazole rings is 1. The van der Waals surface area contributed by atoms with Gasteiger partial charge in [-0.1, -0.05) is 19.3 Å². The predicted molar refractivity (Wildman–Crippen MR) is 66.2 cm³/mol. The van der Waals surface area contributed by atoms with Crippen molar-refractivity contribution >= 4 is 0 Å². The van der Waals surface area contributed by atoms with Gasteiger partial charge in [-0.05, 0) is 33.6 Å². The van der Waals surface area contributed by atoms with Crippen LogP contribution in [0.15, 0.2) is 12.5 Å². The van der Waals surface area contributed by atoms with Gasteiger partial charge in [0.15, 0.2) is 0 Å². The Morgan fingerprint density at radius 3 is 2.50 bits per heavy atom. The highest BCUT2D eigenvalue weighted by Crippen LogP contribution is 2.36. The normalized spacial score (nSPS) is 21.0. The van der Waals surface area contributed by atoms with E-state index in [4.69, 9.17) is 5.73 Å². The first-order valence-corrected chi connectivity index (χ1v) is 6.26. The fraction of sp³-hybridized carbons (Fsp3) is 0.769. The van der Waals surface area contributed by atoms with E-state index in [0.29, 0.717) is 0 Å². The zero-order valence-electron chi connectivity index (χ0n) is 10.7. The highest BCUT2D eigenvalue weighted by molar-refractivity contribution is 5.13. The topological polar surface area (TPSA) is 43.8 Å². The van der Waals surface area contributed by atoms with E-state index in [2.05, 4.69) is 16.5 Å².